The lowest BCUT2D eigenvalue weighted by molar-refractivity contribution is 0.101. The van der Waals surface area contributed by atoms with E-state index in [0.29, 0.717) is 0 Å². The maximum atomic E-state index is 4.06. The third-order valence-corrected chi connectivity index (χ3v) is 4.09. The highest BCUT2D eigenvalue weighted by Gasteiger charge is 2.19. The minimum atomic E-state index is 0.743. The van der Waals surface area contributed by atoms with Gasteiger partial charge in [-0.15, -0.1) is 0 Å². The van der Waals surface area contributed by atoms with Gasteiger partial charge in [0.25, 0.3) is 0 Å². The molecule has 2 rings (SSSR count). The largest absolute Gasteiger partial charge is 0.300 e. The molecule has 18 heavy (non-hydrogen) atoms. The Labute approximate surface area is 111 Å². The van der Waals surface area contributed by atoms with E-state index in [1.807, 2.05) is 12.4 Å². The Kier molecular flexibility index (Phi) is 5.14. The van der Waals surface area contributed by atoms with Crippen LogP contribution in [0, 0.1) is 0 Å². The number of piperazine rings is 1. The summed E-state index contributed by atoms with van der Waals surface area (Å²) >= 11 is 0. The summed E-state index contributed by atoms with van der Waals surface area (Å²) in [5.41, 5.74) is 1.40. The number of pyridine rings is 1. The van der Waals surface area contributed by atoms with Crippen LogP contribution in [0.1, 0.15) is 25.8 Å². The van der Waals surface area contributed by atoms with Crippen molar-refractivity contribution in [2.24, 2.45) is 0 Å². The van der Waals surface area contributed by atoms with Gasteiger partial charge in [0.2, 0.25) is 0 Å². The highest BCUT2D eigenvalue weighted by Crippen LogP contribution is 2.09. The van der Waals surface area contributed by atoms with Crippen molar-refractivity contribution >= 4 is 0 Å². The predicted octanol–water partition coefficient (Wildman–Crippen LogP) is 2.04. The van der Waals surface area contributed by atoms with Crippen molar-refractivity contribution in [2.75, 3.05) is 32.7 Å². The van der Waals surface area contributed by atoms with E-state index in [2.05, 4.69) is 40.8 Å². The molecule has 1 aromatic heterocycles. The molecule has 1 fully saturated rings. The topological polar surface area (TPSA) is 19.4 Å². The molecule has 1 saturated heterocycles. The molecule has 0 saturated carbocycles. The highest BCUT2D eigenvalue weighted by atomic mass is 15.3. The van der Waals surface area contributed by atoms with Crippen molar-refractivity contribution in [3.05, 3.63) is 30.1 Å². The zero-order valence-corrected chi connectivity index (χ0v) is 11.7. The summed E-state index contributed by atoms with van der Waals surface area (Å²) in [6.07, 6.45) is 6.18. The summed E-state index contributed by atoms with van der Waals surface area (Å²) in [6, 6.07) is 4.98. The molecule has 1 unspecified atom stereocenters. The monoisotopic (exact) mass is 247 g/mol. The molecule has 0 spiro atoms. The second kappa shape index (κ2) is 6.86. The quantitative estimate of drug-likeness (QED) is 0.794. The van der Waals surface area contributed by atoms with Crippen molar-refractivity contribution in [3.8, 4) is 0 Å². The Morgan fingerprint density at radius 2 is 1.83 bits per heavy atom. The van der Waals surface area contributed by atoms with Gasteiger partial charge in [-0.2, -0.15) is 0 Å². The van der Waals surface area contributed by atoms with Crippen molar-refractivity contribution in [1.82, 2.24) is 14.8 Å². The molecule has 1 aromatic rings. The van der Waals surface area contributed by atoms with Crippen LogP contribution in [0.25, 0.3) is 0 Å². The summed E-state index contributed by atoms with van der Waals surface area (Å²) in [5.74, 6) is 0. The van der Waals surface area contributed by atoms with Gasteiger partial charge in [-0.1, -0.05) is 6.92 Å². The fourth-order valence-electron chi connectivity index (χ4n) is 2.52. The van der Waals surface area contributed by atoms with Crippen LogP contribution in [0.2, 0.25) is 0 Å². The summed E-state index contributed by atoms with van der Waals surface area (Å²) in [5, 5.41) is 0. The fourth-order valence-corrected chi connectivity index (χ4v) is 2.52. The first kappa shape index (κ1) is 13.5. The first-order valence-corrected chi connectivity index (χ1v) is 7.15. The first-order valence-electron chi connectivity index (χ1n) is 7.15. The number of hydrogen-bond acceptors (Lipinski definition) is 3. The number of aromatic nitrogens is 1. The Balaban J connectivity index is 1.71. The van der Waals surface area contributed by atoms with E-state index in [9.17, 15) is 0 Å². The third-order valence-electron chi connectivity index (χ3n) is 4.09. The lowest BCUT2D eigenvalue weighted by atomic mass is 10.1. The van der Waals surface area contributed by atoms with E-state index >= 15 is 0 Å². The van der Waals surface area contributed by atoms with Crippen molar-refractivity contribution < 1.29 is 0 Å². The standard InChI is InChI=1S/C15H25N3/c1-3-14(2)18-12-10-17(11-13-18)9-6-15-4-7-16-8-5-15/h4-5,7-8,14H,3,6,9-13H2,1-2H3. The van der Waals surface area contributed by atoms with E-state index in [1.165, 1.54) is 44.7 Å². The van der Waals surface area contributed by atoms with Crippen molar-refractivity contribution in [2.45, 2.75) is 32.7 Å². The fraction of sp³-hybridized carbons (Fsp3) is 0.667. The molecule has 0 radical (unpaired) electrons. The minimum Gasteiger partial charge on any atom is -0.300 e. The van der Waals surface area contributed by atoms with Crippen LogP contribution in [-0.4, -0.2) is 53.5 Å². The van der Waals surface area contributed by atoms with Crippen LogP contribution in [-0.2, 0) is 6.42 Å². The molecule has 0 bridgehead atoms. The van der Waals surface area contributed by atoms with E-state index in [4.69, 9.17) is 0 Å². The molecule has 0 amide bonds. The zero-order valence-electron chi connectivity index (χ0n) is 11.7. The summed E-state index contributed by atoms with van der Waals surface area (Å²) < 4.78 is 0. The second-order valence-corrected chi connectivity index (χ2v) is 5.24. The number of rotatable bonds is 5. The van der Waals surface area contributed by atoms with Crippen LogP contribution >= 0.6 is 0 Å². The van der Waals surface area contributed by atoms with Crippen molar-refractivity contribution in [3.63, 3.8) is 0 Å². The Bertz CT molecular complexity index is 331. The minimum absolute atomic E-state index is 0.743. The third kappa shape index (κ3) is 3.79. The molecule has 3 nitrogen and oxygen atoms in total. The number of nitrogens with zero attached hydrogens (tertiary/aromatic N) is 3. The molecule has 0 N–H and O–H groups in total. The summed E-state index contributed by atoms with van der Waals surface area (Å²) in [6.45, 7) is 10.7. The predicted molar refractivity (Wildman–Crippen MR) is 75.7 cm³/mol. The van der Waals surface area contributed by atoms with Gasteiger partial charge in [0.1, 0.15) is 0 Å². The Morgan fingerprint density at radius 1 is 1.17 bits per heavy atom. The van der Waals surface area contributed by atoms with Gasteiger partial charge in [0, 0.05) is 51.2 Å². The van der Waals surface area contributed by atoms with E-state index < -0.39 is 0 Å². The Hall–Kier alpha value is -0.930. The maximum Gasteiger partial charge on any atom is 0.0270 e. The average Bonchev–Trinajstić information content (AvgIpc) is 2.46. The molecular weight excluding hydrogens is 222 g/mol. The molecule has 3 heteroatoms. The van der Waals surface area contributed by atoms with Gasteiger partial charge < -0.3 is 4.90 Å². The zero-order chi connectivity index (χ0) is 12.8. The molecule has 1 aliphatic rings. The second-order valence-electron chi connectivity index (χ2n) is 5.24. The van der Waals surface area contributed by atoms with Gasteiger partial charge in [-0.3, -0.25) is 9.88 Å². The van der Waals surface area contributed by atoms with Crippen LogP contribution in [0.5, 0.6) is 0 Å². The van der Waals surface area contributed by atoms with E-state index in [0.717, 1.165) is 12.5 Å². The lowest BCUT2D eigenvalue weighted by Crippen LogP contribution is -2.49. The van der Waals surface area contributed by atoms with Gasteiger partial charge >= 0.3 is 0 Å². The van der Waals surface area contributed by atoms with E-state index in [1.54, 1.807) is 0 Å². The maximum absolute atomic E-state index is 4.06. The smallest absolute Gasteiger partial charge is 0.0270 e. The molecule has 1 aliphatic heterocycles. The molecule has 2 heterocycles. The summed E-state index contributed by atoms with van der Waals surface area (Å²) in [7, 11) is 0. The van der Waals surface area contributed by atoms with Gasteiger partial charge in [0.05, 0.1) is 0 Å². The van der Waals surface area contributed by atoms with Crippen LogP contribution in [0.4, 0.5) is 0 Å². The van der Waals surface area contributed by atoms with Crippen LogP contribution in [0.3, 0.4) is 0 Å². The Morgan fingerprint density at radius 3 is 2.44 bits per heavy atom. The molecule has 0 aromatic carbocycles. The lowest BCUT2D eigenvalue weighted by Gasteiger charge is -2.37. The first-order chi connectivity index (χ1) is 8.79. The average molecular weight is 247 g/mol. The van der Waals surface area contributed by atoms with Crippen LogP contribution < -0.4 is 0 Å². The molecule has 0 aliphatic carbocycles. The molecular formula is C15H25N3. The van der Waals surface area contributed by atoms with Crippen LogP contribution in [0.15, 0.2) is 24.5 Å². The van der Waals surface area contributed by atoms with E-state index in [-0.39, 0.29) is 0 Å². The van der Waals surface area contributed by atoms with Gasteiger partial charge in [0.15, 0.2) is 0 Å². The molecule has 100 valence electrons. The molecule has 1 atom stereocenters. The van der Waals surface area contributed by atoms with Gasteiger partial charge in [-0.05, 0) is 37.5 Å². The van der Waals surface area contributed by atoms with Gasteiger partial charge in [-0.25, -0.2) is 0 Å². The van der Waals surface area contributed by atoms with Crippen molar-refractivity contribution in [1.29, 1.82) is 0 Å². The highest BCUT2D eigenvalue weighted by molar-refractivity contribution is 5.09. The normalized spacial score (nSPS) is 19.9. The number of hydrogen-bond donors (Lipinski definition) is 0. The summed E-state index contributed by atoms with van der Waals surface area (Å²) in [4.78, 5) is 9.26. The SMILES string of the molecule is CCC(C)N1CCN(CCc2ccncc2)CC1.